The Balaban J connectivity index is 4.68. The van der Waals surface area contributed by atoms with Crippen LogP contribution in [-0.2, 0) is 14.6 Å². The van der Waals surface area contributed by atoms with E-state index in [1.54, 1.807) is 6.92 Å². The maximum absolute atomic E-state index is 11.5. The van der Waals surface area contributed by atoms with E-state index in [4.69, 9.17) is 0 Å². The van der Waals surface area contributed by atoms with Crippen molar-refractivity contribution in [3.8, 4) is 0 Å². The Kier molecular flexibility index (Phi) is 7.13. The van der Waals surface area contributed by atoms with Crippen LogP contribution < -0.4 is 5.32 Å². The van der Waals surface area contributed by atoms with Gasteiger partial charge in [-0.05, 0) is 41.2 Å². The lowest BCUT2D eigenvalue weighted by atomic mass is 9.92. The van der Waals surface area contributed by atoms with Gasteiger partial charge in [0.25, 0.3) is 0 Å². The van der Waals surface area contributed by atoms with Crippen molar-refractivity contribution in [2.45, 2.75) is 51.7 Å². The van der Waals surface area contributed by atoms with Crippen LogP contribution in [0.3, 0.4) is 0 Å². The number of nitrogens with one attached hydrogen (secondary N) is 1. The first-order chi connectivity index (χ1) is 8.87. The zero-order valence-corrected chi connectivity index (χ0v) is 14.1. The summed E-state index contributed by atoms with van der Waals surface area (Å²) in [6.45, 7) is 7.78. The van der Waals surface area contributed by atoms with Crippen LogP contribution in [0.1, 0.15) is 34.1 Å². The van der Waals surface area contributed by atoms with Crippen molar-refractivity contribution in [3.05, 3.63) is 0 Å². The molecule has 120 valence electrons. The molecule has 0 aliphatic heterocycles. The highest BCUT2D eigenvalue weighted by Crippen LogP contribution is 2.17. The number of rotatable bonds is 9. The molecule has 0 radical (unpaired) electrons. The maximum Gasteiger partial charge on any atom is 0.323 e. The van der Waals surface area contributed by atoms with E-state index in [0.717, 1.165) is 0 Å². The number of hydrogen-bond acceptors (Lipinski definition) is 5. The fourth-order valence-electron chi connectivity index (χ4n) is 2.12. The molecule has 20 heavy (non-hydrogen) atoms. The monoisotopic (exact) mass is 308 g/mol. The Morgan fingerprint density at radius 1 is 1.35 bits per heavy atom. The van der Waals surface area contributed by atoms with Gasteiger partial charge in [-0.3, -0.25) is 10.1 Å². The molecule has 0 aliphatic rings. The van der Waals surface area contributed by atoms with Crippen LogP contribution in [0.4, 0.5) is 0 Å². The van der Waals surface area contributed by atoms with E-state index in [0.29, 0.717) is 13.0 Å². The number of aliphatic carboxylic acids is 1. The summed E-state index contributed by atoms with van der Waals surface area (Å²) in [6, 6.07) is 0.0220. The standard InChI is InChI=1S/C13H28N2O4S/c1-10(2)14-13(4,12(16)17)9-11(3)15(5)7-8-20(6,18)19/h10-11,14H,7-9H2,1-6H3,(H,16,17). The number of hydrogen-bond donors (Lipinski definition) is 2. The molecular formula is C13H28N2O4S. The summed E-state index contributed by atoms with van der Waals surface area (Å²) in [7, 11) is -1.19. The number of carboxylic acid groups (broad SMARTS) is 1. The molecule has 2 atom stereocenters. The van der Waals surface area contributed by atoms with Crippen LogP contribution in [0.25, 0.3) is 0 Å². The van der Waals surface area contributed by atoms with E-state index in [-0.39, 0.29) is 17.8 Å². The summed E-state index contributed by atoms with van der Waals surface area (Å²) < 4.78 is 22.3. The summed E-state index contributed by atoms with van der Waals surface area (Å²) in [4.78, 5) is 13.3. The molecule has 0 aromatic carbocycles. The summed E-state index contributed by atoms with van der Waals surface area (Å²) >= 11 is 0. The molecule has 0 saturated carbocycles. The van der Waals surface area contributed by atoms with E-state index in [2.05, 4.69) is 5.32 Å². The predicted molar refractivity (Wildman–Crippen MR) is 80.7 cm³/mol. The molecule has 2 N–H and O–H groups in total. The maximum atomic E-state index is 11.5. The Labute approximate surface area is 122 Å². The Morgan fingerprint density at radius 3 is 2.20 bits per heavy atom. The highest BCUT2D eigenvalue weighted by molar-refractivity contribution is 7.90. The van der Waals surface area contributed by atoms with Crippen molar-refractivity contribution in [2.75, 3.05) is 25.6 Å². The zero-order valence-electron chi connectivity index (χ0n) is 13.3. The Morgan fingerprint density at radius 2 is 1.85 bits per heavy atom. The quantitative estimate of drug-likeness (QED) is 0.648. The molecule has 0 saturated heterocycles. The summed E-state index contributed by atoms with van der Waals surface area (Å²) in [6.07, 6.45) is 1.61. The molecule has 0 aliphatic carbocycles. The smallest absolute Gasteiger partial charge is 0.323 e. The van der Waals surface area contributed by atoms with Crippen LogP contribution in [0.2, 0.25) is 0 Å². The molecule has 0 spiro atoms. The van der Waals surface area contributed by atoms with E-state index < -0.39 is 21.3 Å². The van der Waals surface area contributed by atoms with Crippen molar-refractivity contribution in [1.82, 2.24) is 10.2 Å². The first-order valence-corrected chi connectivity index (χ1v) is 8.82. The summed E-state index contributed by atoms with van der Waals surface area (Å²) in [5, 5.41) is 12.5. The minimum atomic E-state index is -3.01. The number of carbonyl (C=O) groups is 1. The topological polar surface area (TPSA) is 86.7 Å². The fraction of sp³-hybridized carbons (Fsp3) is 0.923. The van der Waals surface area contributed by atoms with Crippen LogP contribution in [0, 0.1) is 0 Å². The number of nitrogens with zero attached hydrogens (tertiary/aromatic N) is 1. The molecule has 0 heterocycles. The third-order valence-electron chi connectivity index (χ3n) is 3.35. The molecule has 2 unspecified atom stereocenters. The van der Waals surface area contributed by atoms with E-state index in [1.807, 2.05) is 32.7 Å². The van der Waals surface area contributed by atoms with Gasteiger partial charge in [-0.15, -0.1) is 0 Å². The second kappa shape index (κ2) is 7.38. The van der Waals surface area contributed by atoms with Crippen molar-refractivity contribution in [1.29, 1.82) is 0 Å². The molecule has 0 fully saturated rings. The fourth-order valence-corrected chi connectivity index (χ4v) is 2.74. The van der Waals surface area contributed by atoms with Crippen LogP contribution >= 0.6 is 0 Å². The minimum absolute atomic E-state index is 0.0379. The lowest BCUT2D eigenvalue weighted by Crippen LogP contribution is -2.55. The van der Waals surface area contributed by atoms with Gasteiger partial charge in [-0.25, -0.2) is 8.42 Å². The van der Waals surface area contributed by atoms with Crippen LogP contribution in [-0.4, -0.2) is 67.6 Å². The average molecular weight is 308 g/mol. The van der Waals surface area contributed by atoms with Crippen LogP contribution in [0.5, 0.6) is 0 Å². The van der Waals surface area contributed by atoms with Crippen molar-refractivity contribution in [3.63, 3.8) is 0 Å². The van der Waals surface area contributed by atoms with Gasteiger partial charge in [0, 0.05) is 24.9 Å². The van der Waals surface area contributed by atoms with E-state index in [9.17, 15) is 18.3 Å². The third kappa shape index (κ3) is 7.21. The van der Waals surface area contributed by atoms with E-state index in [1.165, 1.54) is 6.26 Å². The van der Waals surface area contributed by atoms with Crippen molar-refractivity contribution in [2.24, 2.45) is 0 Å². The summed E-state index contributed by atoms with van der Waals surface area (Å²) in [5.74, 6) is -0.815. The third-order valence-corrected chi connectivity index (χ3v) is 4.27. The van der Waals surface area contributed by atoms with Gasteiger partial charge >= 0.3 is 5.97 Å². The highest BCUT2D eigenvalue weighted by Gasteiger charge is 2.35. The van der Waals surface area contributed by atoms with Gasteiger partial charge in [0.1, 0.15) is 15.4 Å². The predicted octanol–water partition coefficient (Wildman–Crippen LogP) is 0.583. The second-order valence-corrected chi connectivity index (χ2v) is 8.36. The van der Waals surface area contributed by atoms with Crippen LogP contribution in [0.15, 0.2) is 0 Å². The highest BCUT2D eigenvalue weighted by atomic mass is 32.2. The lowest BCUT2D eigenvalue weighted by Gasteiger charge is -2.34. The molecule has 0 aromatic rings. The Hall–Kier alpha value is -0.660. The zero-order chi connectivity index (χ0) is 16.1. The molecular weight excluding hydrogens is 280 g/mol. The molecule has 7 heteroatoms. The molecule has 0 aromatic heterocycles. The van der Waals surface area contributed by atoms with Gasteiger partial charge in [-0.2, -0.15) is 0 Å². The normalized spacial score (nSPS) is 17.2. The van der Waals surface area contributed by atoms with Gasteiger partial charge < -0.3 is 10.0 Å². The van der Waals surface area contributed by atoms with Crippen molar-refractivity contribution < 1.29 is 18.3 Å². The largest absolute Gasteiger partial charge is 0.480 e. The molecule has 6 nitrogen and oxygen atoms in total. The second-order valence-electron chi connectivity index (χ2n) is 6.10. The first kappa shape index (κ1) is 19.3. The molecule has 0 bridgehead atoms. The van der Waals surface area contributed by atoms with Gasteiger partial charge in [-0.1, -0.05) is 0 Å². The molecule has 0 amide bonds. The van der Waals surface area contributed by atoms with E-state index >= 15 is 0 Å². The number of sulfone groups is 1. The first-order valence-electron chi connectivity index (χ1n) is 6.76. The average Bonchev–Trinajstić information content (AvgIpc) is 2.23. The molecule has 0 rings (SSSR count). The van der Waals surface area contributed by atoms with Gasteiger partial charge in [0.05, 0.1) is 5.75 Å². The van der Waals surface area contributed by atoms with Crippen molar-refractivity contribution >= 4 is 15.8 Å². The lowest BCUT2D eigenvalue weighted by molar-refractivity contribution is -0.145. The minimum Gasteiger partial charge on any atom is -0.480 e. The summed E-state index contributed by atoms with van der Waals surface area (Å²) in [5.41, 5.74) is -1.02. The SMILES string of the molecule is CC(C)NC(C)(CC(C)N(C)CCS(C)(=O)=O)C(=O)O. The van der Waals surface area contributed by atoms with Gasteiger partial charge in [0.15, 0.2) is 0 Å². The number of carboxylic acids is 1. The van der Waals surface area contributed by atoms with Gasteiger partial charge in [0.2, 0.25) is 0 Å². The Bertz CT molecular complexity index is 422.